The van der Waals surface area contributed by atoms with Crippen molar-refractivity contribution >= 4 is 0 Å². The molecule has 3 atom stereocenters. The summed E-state index contributed by atoms with van der Waals surface area (Å²) in [6.45, 7) is 2.16. The van der Waals surface area contributed by atoms with Gasteiger partial charge in [0.1, 0.15) is 0 Å². The second kappa shape index (κ2) is 5.49. The predicted molar refractivity (Wildman–Crippen MR) is 69.5 cm³/mol. The minimum Gasteiger partial charge on any atom is -0.387 e. The maximum Gasteiger partial charge on any atom is 0.0977 e. The summed E-state index contributed by atoms with van der Waals surface area (Å²) >= 11 is 0. The Morgan fingerprint density at radius 1 is 1.56 bits per heavy atom. The molecule has 0 aromatic carbocycles. The van der Waals surface area contributed by atoms with Crippen molar-refractivity contribution in [3.05, 3.63) is 30.1 Å². The summed E-state index contributed by atoms with van der Waals surface area (Å²) < 4.78 is 0. The SMILES string of the molecule is CCC1CCCC(C#N)(C(O)c2ccncc2)C1. The van der Waals surface area contributed by atoms with E-state index >= 15 is 0 Å². The van der Waals surface area contributed by atoms with E-state index in [2.05, 4.69) is 18.0 Å². The van der Waals surface area contributed by atoms with Gasteiger partial charge >= 0.3 is 0 Å². The van der Waals surface area contributed by atoms with Crippen molar-refractivity contribution in [3.8, 4) is 6.07 Å². The van der Waals surface area contributed by atoms with E-state index in [9.17, 15) is 10.4 Å². The van der Waals surface area contributed by atoms with Crippen LogP contribution in [0.3, 0.4) is 0 Å². The first-order valence-corrected chi connectivity index (χ1v) is 6.71. The third kappa shape index (κ3) is 2.39. The molecule has 1 heterocycles. The van der Waals surface area contributed by atoms with Crippen LogP contribution in [0.5, 0.6) is 0 Å². The summed E-state index contributed by atoms with van der Waals surface area (Å²) in [5.74, 6) is 0.565. The minimum atomic E-state index is -0.695. The van der Waals surface area contributed by atoms with Gasteiger partial charge in [-0.1, -0.05) is 26.2 Å². The van der Waals surface area contributed by atoms with Gasteiger partial charge in [-0.15, -0.1) is 0 Å². The van der Waals surface area contributed by atoms with Crippen LogP contribution in [0.4, 0.5) is 0 Å². The Morgan fingerprint density at radius 2 is 2.28 bits per heavy atom. The van der Waals surface area contributed by atoms with E-state index in [1.54, 1.807) is 24.5 Å². The molecule has 0 spiro atoms. The summed E-state index contributed by atoms with van der Waals surface area (Å²) in [7, 11) is 0. The van der Waals surface area contributed by atoms with E-state index in [0.717, 1.165) is 31.2 Å². The number of nitriles is 1. The van der Waals surface area contributed by atoms with E-state index in [1.807, 2.05) is 0 Å². The molecule has 3 heteroatoms. The van der Waals surface area contributed by atoms with Crippen molar-refractivity contribution in [2.75, 3.05) is 0 Å². The van der Waals surface area contributed by atoms with Crippen LogP contribution in [0.1, 0.15) is 50.7 Å². The van der Waals surface area contributed by atoms with E-state index in [4.69, 9.17) is 0 Å². The normalized spacial score (nSPS) is 29.5. The lowest BCUT2D eigenvalue weighted by atomic mass is 9.65. The van der Waals surface area contributed by atoms with E-state index in [1.165, 1.54) is 6.42 Å². The fourth-order valence-corrected chi connectivity index (χ4v) is 3.05. The van der Waals surface area contributed by atoms with Gasteiger partial charge in [-0.2, -0.15) is 5.26 Å². The van der Waals surface area contributed by atoms with Crippen LogP contribution in [0, 0.1) is 22.7 Å². The molecule has 2 rings (SSSR count). The summed E-state index contributed by atoms with van der Waals surface area (Å²) in [6, 6.07) is 6.02. The van der Waals surface area contributed by atoms with E-state index in [0.29, 0.717) is 5.92 Å². The number of hydrogen-bond acceptors (Lipinski definition) is 3. The molecule has 1 aromatic heterocycles. The monoisotopic (exact) mass is 244 g/mol. The number of pyridine rings is 1. The van der Waals surface area contributed by atoms with Crippen LogP contribution in [0.15, 0.2) is 24.5 Å². The molecule has 18 heavy (non-hydrogen) atoms. The Balaban J connectivity index is 2.25. The van der Waals surface area contributed by atoms with Crippen molar-refractivity contribution < 1.29 is 5.11 Å². The lowest BCUT2D eigenvalue weighted by Crippen LogP contribution is -2.33. The highest BCUT2D eigenvalue weighted by atomic mass is 16.3. The zero-order valence-corrected chi connectivity index (χ0v) is 10.8. The fourth-order valence-electron chi connectivity index (χ4n) is 3.05. The van der Waals surface area contributed by atoms with Crippen LogP contribution >= 0.6 is 0 Å². The highest BCUT2D eigenvalue weighted by molar-refractivity contribution is 5.21. The topological polar surface area (TPSA) is 56.9 Å². The van der Waals surface area contributed by atoms with Gasteiger partial charge in [0.25, 0.3) is 0 Å². The minimum absolute atomic E-state index is 0.565. The van der Waals surface area contributed by atoms with Gasteiger partial charge in [0.15, 0.2) is 0 Å². The summed E-state index contributed by atoms with van der Waals surface area (Å²) in [4.78, 5) is 3.96. The van der Waals surface area contributed by atoms with Gasteiger partial charge < -0.3 is 5.11 Å². The number of aliphatic hydroxyl groups excluding tert-OH is 1. The first kappa shape index (κ1) is 13.0. The second-order valence-corrected chi connectivity index (χ2v) is 5.32. The lowest BCUT2D eigenvalue weighted by Gasteiger charge is -2.39. The van der Waals surface area contributed by atoms with Gasteiger partial charge in [0.2, 0.25) is 0 Å². The summed E-state index contributed by atoms with van der Waals surface area (Å²) in [6.07, 6.45) is 7.56. The molecule has 0 radical (unpaired) electrons. The first-order chi connectivity index (χ1) is 8.72. The highest BCUT2D eigenvalue weighted by Crippen LogP contribution is 2.48. The predicted octanol–water partition coefficient (Wildman–Crippen LogP) is 3.23. The van der Waals surface area contributed by atoms with Gasteiger partial charge in [-0.05, 0) is 36.5 Å². The van der Waals surface area contributed by atoms with Gasteiger partial charge in [-0.25, -0.2) is 0 Å². The van der Waals surface area contributed by atoms with E-state index in [-0.39, 0.29) is 0 Å². The molecule has 1 aliphatic rings. The first-order valence-electron chi connectivity index (χ1n) is 6.71. The number of hydrogen-bond donors (Lipinski definition) is 1. The highest BCUT2D eigenvalue weighted by Gasteiger charge is 2.42. The smallest absolute Gasteiger partial charge is 0.0977 e. The zero-order valence-electron chi connectivity index (χ0n) is 10.8. The zero-order chi connectivity index (χ0) is 13.0. The molecule has 0 aliphatic heterocycles. The molecule has 1 aliphatic carbocycles. The Labute approximate surface area is 108 Å². The van der Waals surface area contributed by atoms with Crippen molar-refractivity contribution in [1.29, 1.82) is 5.26 Å². The van der Waals surface area contributed by atoms with Crippen LogP contribution in [0.25, 0.3) is 0 Å². The molecular weight excluding hydrogens is 224 g/mol. The molecular formula is C15H20N2O. The fraction of sp³-hybridized carbons (Fsp3) is 0.600. The number of rotatable bonds is 3. The van der Waals surface area contributed by atoms with Gasteiger partial charge in [0, 0.05) is 12.4 Å². The Hall–Kier alpha value is -1.40. The van der Waals surface area contributed by atoms with Crippen LogP contribution in [-0.4, -0.2) is 10.1 Å². The molecule has 0 amide bonds. The van der Waals surface area contributed by atoms with Crippen molar-refractivity contribution in [1.82, 2.24) is 4.98 Å². The molecule has 1 N–H and O–H groups in total. The third-order valence-electron chi connectivity index (χ3n) is 4.23. The average molecular weight is 244 g/mol. The molecule has 1 saturated carbocycles. The second-order valence-electron chi connectivity index (χ2n) is 5.32. The molecule has 0 bridgehead atoms. The van der Waals surface area contributed by atoms with Crippen molar-refractivity contribution in [2.24, 2.45) is 11.3 Å². The molecule has 1 aromatic rings. The van der Waals surface area contributed by atoms with E-state index < -0.39 is 11.5 Å². The maximum absolute atomic E-state index is 10.6. The number of nitrogens with zero attached hydrogens (tertiary/aromatic N) is 2. The number of aromatic nitrogens is 1. The lowest BCUT2D eigenvalue weighted by molar-refractivity contribution is 0.0185. The summed E-state index contributed by atoms with van der Waals surface area (Å²) in [5, 5.41) is 20.1. The molecule has 0 saturated heterocycles. The molecule has 96 valence electrons. The summed E-state index contributed by atoms with van der Waals surface area (Å²) in [5.41, 5.74) is 0.198. The molecule has 3 nitrogen and oxygen atoms in total. The third-order valence-corrected chi connectivity index (χ3v) is 4.23. The van der Waals surface area contributed by atoms with Crippen LogP contribution in [-0.2, 0) is 0 Å². The van der Waals surface area contributed by atoms with Gasteiger partial charge in [0.05, 0.1) is 17.6 Å². The Kier molecular flexibility index (Phi) is 3.98. The van der Waals surface area contributed by atoms with Gasteiger partial charge in [-0.3, -0.25) is 4.98 Å². The molecule has 1 fully saturated rings. The van der Waals surface area contributed by atoms with Crippen LogP contribution in [0.2, 0.25) is 0 Å². The van der Waals surface area contributed by atoms with Crippen LogP contribution < -0.4 is 0 Å². The Morgan fingerprint density at radius 3 is 2.89 bits per heavy atom. The Bertz CT molecular complexity index is 426. The number of aliphatic hydroxyl groups is 1. The quantitative estimate of drug-likeness (QED) is 0.888. The largest absolute Gasteiger partial charge is 0.387 e. The van der Waals surface area contributed by atoms with Crippen molar-refractivity contribution in [3.63, 3.8) is 0 Å². The molecule has 3 unspecified atom stereocenters. The average Bonchev–Trinajstić information content (AvgIpc) is 2.47. The standard InChI is InChI=1S/C15H20N2O/c1-2-12-4-3-7-15(10-12,11-16)14(18)13-5-8-17-9-6-13/h5-6,8-9,12,14,18H,2-4,7,10H2,1H3. The van der Waals surface area contributed by atoms with Crippen molar-refractivity contribution in [2.45, 2.75) is 45.1 Å². The maximum atomic E-state index is 10.6.